The Morgan fingerprint density at radius 1 is 0.562 bits per heavy atom. The number of esters is 2. The third kappa shape index (κ3) is 5.32. The smallest absolute Gasteiger partial charge is 0.340 e. The Kier molecular flexibility index (Phi) is 7.82. The molecule has 0 aliphatic carbocycles. The van der Waals surface area contributed by atoms with E-state index in [1.165, 1.54) is 83.7 Å². The van der Waals surface area contributed by atoms with Crippen LogP contribution >= 0.6 is 0 Å². The summed E-state index contributed by atoms with van der Waals surface area (Å²) in [5.74, 6) is -2.36. The first-order chi connectivity index (χ1) is 23.0. The zero-order valence-corrected chi connectivity index (χ0v) is 25.1. The van der Waals surface area contributed by atoms with Gasteiger partial charge in [-0.25, -0.2) is 9.59 Å². The summed E-state index contributed by atoms with van der Waals surface area (Å²) in [6, 6.07) is 19.7. The number of fused-ring (bicyclic) bond motifs is 2. The monoisotopic (exact) mass is 646 g/mol. The molecule has 14 nitrogen and oxygen atoms in total. The standard InChI is InChI=1S/C34H22N4O10/c1-47-33(41)25-17-29(31(39)19-3-7-23(8-4-19)37(43)44)35-13-11-21(15-27(25)35)22-12-14-36-28(16-22)26(34(42)48-2)18-30(36)32(40)20-5-9-24(10-6-20)38(45)46/h3-18H,1-2H3. The Morgan fingerprint density at radius 3 is 1.23 bits per heavy atom. The zero-order valence-electron chi connectivity index (χ0n) is 25.1. The summed E-state index contributed by atoms with van der Waals surface area (Å²) < 4.78 is 12.9. The van der Waals surface area contributed by atoms with Gasteiger partial charge in [0.1, 0.15) is 0 Å². The predicted octanol–water partition coefficient (Wildman–Crippen LogP) is 5.71. The van der Waals surface area contributed by atoms with E-state index in [0.29, 0.717) is 22.2 Å². The molecule has 0 atom stereocenters. The number of hydrogen-bond acceptors (Lipinski definition) is 10. The molecule has 0 unspecified atom stereocenters. The summed E-state index contributed by atoms with van der Waals surface area (Å²) in [6.07, 6.45) is 3.17. The van der Waals surface area contributed by atoms with Gasteiger partial charge in [-0.05, 0) is 71.8 Å². The summed E-state index contributed by atoms with van der Waals surface area (Å²) in [5, 5.41) is 22.1. The molecular formula is C34H22N4O10. The molecule has 0 amide bonds. The van der Waals surface area contributed by atoms with E-state index in [-0.39, 0.29) is 45.0 Å². The number of nitrogens with zero attached hydrogens (tertiary/aromatic N) is 4. The minimum absolute atomic E-state index is 0.0969. The van der Waals surface area contributed by atoms with Gasteiger partial charge in [0.05, 0.1) is 57.6 Å². The van der Waals surface area contributed by atoms with Gasteiger partial charge in [-0.3, -0.25) is 29.8 Å². The lowest BCUT2D eigenvalue weighted by Gasteiger charge is -2.09. The minimum Gasteiger partial charge on any atom is -0.465 e. The van der Waals surface area contributed by atoms with Gasteiger partial charge in [-0.15, -0.1) is 0 Å². The molecular weight excluding hydrogens is 624 g/mol. The van der Waals surface area contributed by atoms with Crippen LogP contribution in [0.15, 0.2) is 97.3 Å². The maximum atomic E-state index is 13.5. The van der Waals surface area contributed by atoms with E-state index in [9.17, 15) is 39.4 Å². The van der Waals surface area contributed by atoms with Gasteiger partial charge in [0, 0.05) is 47.8 Å². The second kappa shape index (κ2) is 12.1. The van der Waals surface area contributed by atoms with E-state index in [1.54, 1.807) is 36.7 Å². The van der Waals surface area contributed by atoms with Crippen LogP contribution in [-0.2, 0) is 9.47 Å². The quantitative estimate of drug-likeness (QED) is 0.0816. The van der Waals surface area contributed by atoms with E-state index >= 15 is 0 Å². The number of carbonyl (C=O) groups is 4. The summed E-state index contributed by atoms with van der Waals surface area (Å²) >= 11 is 0. The van der Waals surface area contributed by atoms with Gasteiger partial charge < -0.3 is 18.3 Å². The number of ether oxygens (including phenoxy) is 2. The Labute approximate surface area is 269 Å². The number of non-ortho nitro benzene ring substituents is 2. The predicted molar refractivity (Wildman–Crippen MR) is 170 cm³/mol. The van der Waals surface area contributed by atoms with Crippen molar-refractivity contribution in [1.82, 2.24) is 8.80 Å². The zero-order chi connectivity index (χ0) is 34.3. The van der Waals surface area contributed by atoms with Crippen LogP contribution in [0.1, 0.15) is 52.8 Å². The molecule has 0 aliphatic rings. The number of ketones is 2. The van der Waals surface area contributed by atoms with Crippen LogP contribution in [0.3, 0.4) is 0 Å². The lowest BCUT2D eigenvalue weighted by Crippen LogP contribution is -2.05. The van der Waals surface area contributed by atoms with E-state index in [1.807, 2.05) is 0 Å². The average molecular weight is 647 g/mol. The van der Waals surface area contributed by atoms with Crippen molar-refractivity contribution in [3.63, 3.8) is 0 Å². The number of aromatic nitrogens is 2. The van der Waals surface area contributed by atoms with Crippen molar-refractivity contribution in [2.45, 2.75) is 0 Å². The molecule has 2 aromatic carbocycles. The first-order valence-corrected chi connectivity index (χ1v) is 14.1. The number of methoxy groups -OCH3 is 2. The van der Waals surface area contributed by atoms with Gasteiger partial charge in [0.15, 0.2) is 0 Å². The molecule has 0 radical (unpaired) electrons. The van der Waals surface area contributed by atoms with Crippen LogP contribution in [0.4, 0.5) is 11.4 Å². The third-order valence-corrected chi connectivity index (χ3v) is 7.83. The van der Waals surface area contributed by atoms with Crippen molar-refractivity contribution in [3.05, 3.63) is 151 Å². The SMILES string of the molecule is COC(=O)c1cc(C(=O)c2ccc([N+](=O)[O-])cc2)n2ccc(-c3ccn4c(C(=O)c5ccc([N+](=O)[O-])cc5)cc(C(=O)OC)c4c3)cc12. The van der Waals surface area contributed by atoms with Crippen LogP contribution in [0.5, 0.6) is 0 Å². The first kappa shape index (κ1) is 31.0. The lowest BCUT2D eigenvalue weighted by molar-refractivity contribution is -0.385. The molecule has 0 N–H and O–H groups in total. The number of pyridine rings is 2. The Bertz CT molecular complexity index is 2170. The van der Waals surface area contributed by atoms with Crippen LogP contribution in [0.2, 0.25) is 0 Å². The fraction of sp³-hybridized carbons (Fsp3) is 0.0588. The van der Waals surface area contributed by atoms with Gasteiger partial charge in [0.25, 0.3) is 11.4 Å². The average Bonchev–Trinajstić information content (AvgIpc) is 3.69. The van der Waals surface area contributed by atoms with Gasteiger partial charge in [-0.2, -0.15) is 0 Å². The maximum absolute atomic E-state index is 13.5. The second-order valence-corrected chi connectivity index (χ2v) is 10.5. The second-order valence-electron chi connectivity index (χ2n) is 10.5. The molecule has 0 bridgehead atoms. The Morgan fingerprint density at radius 2 is 0.917 bits per heavy atom. The third-order valence-electron chi connectivity index (χ3n) is 7.83. The Hall–Kier alpha value is -6.96. The topological polar surface area (TPSA) is 182 Å². The highest BCUT2D eigenvalue weighted by Gasteiger charge is 2.24. The van der Waals surface area contributed by atoms with Gasteiger partial charge in [0.2, 0.25) is 11.6 Å². The number of carbonyl (C=O) groups excluding carboxylic acids is 4. The summed E-state index contributed by atoms with van der Waals surface area (Å²) in [5.41, 5.74) is 2.27. The number of hydrogen-bond donors (Lipinski definition) is 0. The molecule has 4 aromatic heterocycles. The molecule has 0 fully saturated rings. The molecule has 238 valence electrons. The number of benzene rings is 2. The highest BCUT2D eigenvalue weighted by atomic mass is 16.6. The van der Waals surface area contributed by atoms with Crippen LogP contribution in [0, 0.1) is 20.2 Å². The van der Waals surface area contributed by atoms with E-state index in [4.69, 9.17) is 9.47 Å². The Balaban J connectivity index is 1.44. The molecule has 0 aliphatic heterocycles. The molecule has 0 saturated heterocycles. The number of nitro groups is 2. The van der Waals surface area contributed by atoms with Crippen molar-refractivity contribution in [1.29, 1.82) is 0 Å². The highest BCUT2D eigenvalue weighted by Crippen LogP contribution is 2.30. The molecule has 48 heavy (non-hydrogen) atoms. The summed E-state index contributed by atoms with van der Waals surface area (Å²) in [6.45, 7) is 0. The van der Waals surface area contributed by atoms with E-state index in [2.05, 4.69) is 0 Å². The molecule has 0 saturated carbocycles. The summed E-state index contributed by atoms with van der Waals surface area (Å²) in [7, 11) is 2.41. The number of rotatable bonds is 9. The fourth-order valence-corrected chi connectivity index (χ4v) is 5.42. The van der Waals surface area contributed by atoms with Crippen molar-refractivity contribution in [2.24, 2.45) is 0 Å². The van der Waals surface area contributed by atoms with Crippen LogP contribution < -0.4 is 0 Å². The van der Waals surface area contributed by atoms with E-state index in [0.717, 1.165) is 0 Å². The van der Waals surface area contributed by atoms with Crippen LogP contribution in [0.25, 0.3) is 22.2 Å². The normalized spacial score (nSPS) is 11.0. The van der Waals surface area contributed by atoms with Crippen molar-refractivity contribution < 1.29 is 38.5 Å². The van der Waals surface area contributed by atoms with Gasteiger partial charge in [-0.1, -0.05) is 0 Å². The highest BCUT2D eigenvalue weighted by molar-refractivity contribution is 6.12. The summed E-state index contributed by atoms with van der Waals surface area (Å²) in [4.78, 5) is 73.4. The van der Waals surface area contributed by atoms with Crippen LogP contribution in [-0.4, -0.2) is 56.4 Å². The first-order valence-electron chi connectivity index (χ1n) is 14.1. The molecule has 0 spiro atoms. The maximum Gasteiger partial charge on any atom is 0.340 e. The largest absolute Gasteiger partial charge is 0.465 e. The molecule has 14 heteroatoms. The number of nitro benzene ring substituents is 2. The van der Waals surface area contributed by atoms with E-state index < -0.39 is 33.4 Å². The van der Waals surface area contributed by atoms with Crippen molar-refractivity contribution in [2.75, 3.05) is 14.2 Å². The minimum atomic E-state index is -0.697. The van der Waals surface area contributed by atoms with Crippen molar-refractivity contribution in [3.8, 4) is 11.1 Å². The molecule has 4 heterocycles. The van der Waals surface area contributed by atoms with Gasteiger partial charge >= 0.3 is 11.9 Å². The fourth-order valence-electron chi connectivity index (χ4n) is 5.42. The molecule has 6 aromatic rings. The lowest BCUT2D eigenvalue weighted by atomic mass is 10.1. The molecule has 6 rings (SSSR count). The van der Waals surface area contributed by atoms with Crippen molar-refractivity contribution >= 4 is 45.9 Å².